The van der Waals surface area contributed by atoms with Gasteiger partial charge in [-0.3, -0.25) is 0 Å². The molecule has 3 nitrogen and oxygen atoms in total. The lowest BCUT2D eigenvalue weighted by molar-refractivity contribution is -0.281. The van der Waals surface area contributed by atoms with Crippen LogP contribution in [0.1, 0.15) is 36.1 Å². The Bertz CT molecular complexity index is 1110. The Kier molecular flexibility index (Phi) is 4.72. The van der Waals surface area contributed by atoms with Crippen LogP contribution in [0.4, 0.5) is 0 Å². The minimum absolute atomic E-state index is 0.338. The molecule has 4 unspecified atom stereocenters. The second-order valence-electron chi connectivity index (χ2n) is 9.75. The molecule has 5 rings (SSSR count). The number of hydrogen-bond donors (Lipinski definition) is 2. The zero-order valence-electron chi connectivity index (χ0n) is 19.0. The molecule has 0 amide bonds. The largest absolute Gasteiger partial charge is 0.384 e. The number of hydrogen-bond acceptors (Lipinski definition) is 3. The van der Waals surface area contributed by atoms with Crippen LogP contribution >= 0.6 is 0 Å². The normalized spacial score (nSPS) is 32.6. The summed E-state index contributed by atoms with van der Waals surface area (Å²) >= 11 is 0. The highest BCUT2D eigenvalue weighted by Gasteiger charge is 2.68. The topological polar surface area (TPSA) is 49.7 Å². The lowest BCUT2D eigenvalue weighted by atomic mass is 9.54. The predicted octanol–water partition coefficient (Wildman–Crippen LogP) is 5.17. The van der Waals surface area contributed by atoms with Crippen molar-refractivity contribution in [2.24, 2.45) is 5.41 Å². The molecule has 164 valence electrons. The molecule has 0 radical (unpaired) electrons. The highest BCUT2D eigenvalue weighted by Crippen LogP contribution is 2.63. The Morgan fingerprint density at radius 1 is 0.688 bits per heavy atom. The Balaban J connectivity index is 1.58. The second kappa shape index (κ2) is 7.14. The van der Waals surface area contributed by atoms with E-state index in [2.05, 4.69) is 52.0 Å². The third-order valence-electron chi connectivity index (χ3n) is 7.63. The Labute approximate surface area is 190 Å². The molecule has 3 aliphatic rings. The van der Waals surface area contributed by atoms with Crippen LogP contribution in [0.2, 0.25) is 0 Å². The summed E-state index contributed by atoms with van der Waals surface area (Å²) in [6.07, 6.45) is 10.5. The van der Waals surface area contributed by atoms with E-state index in [-0.39, 0.29) is 5.41 Å². The molecule has 2 spiro atoms. The summed E-state index contributed by atoms with van der Waals surface area (Å²) in [4.78, 5) is 0. The van der Waals surface area contributed by atoms with E-state index in [4.69, 9.17) is 4.74 Å². The van der Waals surface area contributed by atoms with E-state index >= 15 is 0 Å². The quantitative estimate of drug-likeness (QED) is 0.652. The molecule has 1 saturated heterocycles. The zero-order chi connectivity index (χ0) is 22.7. The van der Waals surface area contributed by atoms with Crippen molar-refractivity contribution in [2.75, 3.05) is 0 Å². The first kappa shape index (κ1) is 21.1. The van der Waals surface area contributed by atoms with Gasteiger partial charge in [-0.25, -0.2) is 0 Å². The smallest absolute Gasteiger partial charge is 0.115 e. The Morgan fingerprint density at radius 2 is 1.09 bits per heavy atom. The zero-order valence-corrected chi connectivity index (χ0v) is 19.0. The van der Waals surface area contributed by atoms with Crippen LogP contribution in [0.25, 0.3) is 11.1 Å². The summed E-state index contributed by atoms with van der Waals surface area (Å²) in [5, 5.41) is 21.5. The maximum Gasteiger partial charge on any atom is 0.115 e. The molecule has 2 aliphatic carbocycles. The van der Waals surface area contributed by atoms with Crippen LogP contribution in [0.15, 0.2) is 85.0 Å². The molecule has 1 heterocycles. The molecule has 2 N–H and O–H groups in total. The average Bonchev–Trinajstić information content (AvgIpc) is 2.77. The van der Waals surface area contributed by atoms with Gasteiger partial charge in [0.2, 0.25) is 0 Å². The highest BCUT2D eigenvalue weighted by molar-refractivity contribution is 5.78. The SMILES string of the molecule is Cc1ccccc1C1=CC2(C=CC1O)OC1(C=CC(O)C(c3ccccc3C)=C1)C2(C)C. The maximum atomic E-state index is 10.8. The average molecular weight is 427 g/mol. The van der Waals surface area contributed by atoms with Gasteiger partial charge in [0, 0.05) is 5.41 Å². The number of rotatable bonds is 2. The maximum absolute atomic E-state index is 10.8. The number of benzene rings is 2. The van der Waals surface area contributed by atoms with Gasteiger partial charge in [-0.2, -0.15) is 0 Å². The van der Waals surface area contributed by atoms with E-state index in [1.165, 1.54) is 0 Å². The van der Waals surface area contributed by atoms with Crippen molar-refractivity contribution in [2.45, 2.75) is 51.1 Å². The second-order valence-corrected chi connectivity index (χ2v) is 9.75. The van der Waals surface area contributed by atoms with Crippen molar-refractivity contribution in [1.29, 1.82) is 0 Å². The molecular formula is C29H30O3. The lowest BCUT2D eigenvalue weighted by Crippen LogP contribution is -2.72. The fourth-order valence-electron chi connectivity index (χ4n) is 5.37. The van der Waals surface area contributed by atoms with Gasteiger partial charge in [0.05, 0.1) is 12.2 Å². The van der Waals surface area contributed by atoms with E-state index < -0.39 is 23.4 Å². The van der Waals surface area contributed by atoms with Crippen molar-refractivity contribution in [1.82, 2.24) is 0 Å². The van der Waals surface area contributed by atoms with Crippen molar-refractivity contribution in [3.63, 3.8) is 0 Å². The van der Waals surface area contributed by atoms with Gasteiger partial charge in [-0.1, -0.05) is 74.5 Å². The van der Waals surface area contributed by atoms with Gasteiger partial charge in [0.1, 0.15) is 11.2 Å². The molecule has 1 fully saturated rings. The van der Waals surface area contributed by atoms with Gasteiger partial charge in [0.15, 0.2) is 0 Å². The molecule has 1 aliphatic heterocycles. The van der Waals surface area contributed by atoms with Crippen molar-refractivity contribution >= 4 is 11.1 Å². The first-order valence-electron chi connectivity index (χ1n) is 11.2. The Morgan fingerprint density at radius 3 is 1.47 bits per heavy atom. The van der Waals surface area contributed by atoms with Crippen molar-refractivity contribution in [3.8, 4) is 0 Å². The molecule has 2 aromatic rings. The van der Waals surface area contributed by atoms with Crippen molar-refractivity contribution < 1.29 is 14.9 Å². The molecule has 0 bridgehead atoms. The molecule has 4 atom stereocenters. The monoisotopic (exact) mass is 426 g/mol. The minimum Gasteiger partial charge on any atom is -0.384 e. The van der Waals surface area contributed by atoms with Crippen molar-refractivity contribution in [3.05, 3.63) is 107 Å². The van der Waals surface area contributed by atoms with Gasteiger partial charge in [0.25, 0.3) is 0 Å². The molecular weight excluding hydrogens is 396 g/mol. The molecule has 3 heteroatoms. The summed E-state index contributed by atoms with van der Waals surface area (Å²) in [7, 11) is 0. The van der Waals surface area contributed by atoms with Gasteiger partial charge < -0.3 is 14.9 Å². The van der Waals surface area contributed by atoms with Crippen LogP contribution in [0.5, 0.6) is 0 Å². The van der Waals surface area contributed by atoms with Crippen LogP contribution < -0.4 is 0 Å². The highest BCUT2D eigenvalue weighted by atomic mass is 16.6. The standard InChI is InChI=1S/C29H30O3/c1-19-9-5-7-11-21(19)23-17-28(15-13-25(23)30)27(3,4)29(32-28)16-14-26(31)24(18-29)22-12-8-6-10-20(22)2/h5-18,25-26,30-31H,1-4H3. The summed E-state index contributed by atoms with van der Waals surface area (Å²) < 4.78 is 6.74. The van der Waals surface area contributed by atoms with E-state index in [1.54, 1.807) is 0 Å². The summed E-state index contributed by atoms with van der Waals surface area (Å²) in [6.45, 7) is 8.51. The van der Waals surface area contributed by atoms with Gasteiger partial charge >= 0.3 is 0 Å². The molecule has 2 aromatic carbocycles. The number of aliphatic hydroxyl groups is 2. The Hall–Kier alpha value is -2.72. The van der Waals surface area contributed by atoms with E-state index in [9.17, 15) is 10.2 Å². The summed E-state index contributed by atoms with van der Waals surface area (Å²) in [6, 6.07) is 16.2. The first-order chi connectivity index (χ1) is 15.2. The lowest BCUT2D eigenvalue weighted by Gasteiger charge is -2.66. The number of aryl methyl sites for hydroxylation is 2. The first-order valence-corrected chi connectivity index (χ1v) is 11.2. The predicted molar refractivity (Wildman–Crippen MR) is 129 cm³/mol. The number of ether oxygens (including phenoxy) is 1. The fraction of sp³-hybridized carbons (Fsp3) is 0.310. The van der Waals surface area contributed by atoms with Gasteiger partial charge in [-0.05, 0) is 71.6 Å². The van der Waals surface area contributed by atoms with Crippen LogP contribution in [0.3, 0.4) is 0 Å². The van der Waals surface area contributed by atoms with Crippen LogP contribution in [-0.4, -0.2) is 33.6 Å². The van der Waals surface area contributed by atoms with Crippen LogP contribution in [0, 0.1) is 19.3 Å². The molecule has 0 aromatic heterocycles. The summed E-state index contributed by atoms with van der Waals surface area (Å²) in [5.74, 6) is 0. The third-order valence-corrected chi connectivity index (χ3v) is 7.63. The van der Waals surface area contributed by atoms with E-state index in [1.807, 2.05) is 60.7 Å². The van der Waals surface area contributed by atoms with Gasteiger partial charge in [-0.15, -0.1) is 0 Å². The molecule has 0 saturated carbocycles. The van der Waals surface area contributed by atoms with Crippen LogP contribution in [-0.2, 0) is 4.74 Å². The van der Waals surface area contributed by atoms with E-state index in [0.29, 0.717) is 0 Å². The van der Waals surface area contributed by atoms with E-state index in [0.717, 1.165) is 33.4 Å². The fourth-order valence-corrected chi connectivity index (χ4v) is 5.37. The number of aliphatic hydroxyl groups excluding tert-OH is 2. The minimum atomic E-state index is -0.667. The summed E-state index contributed by atoms with van der Waals surface area (Å²) in [5.41, 5.74) is 4.43. The third kappa shape index (κ3) is 2.85. The molecule has 32 heavy (non-hydrogen) atoms.